The first-order chi connectivity index (χ1) is 10.1. The molecular formula is C17H24O5. The largest absolute Gasteiger partial charge is 0.464 e. The van der Waals surface area contributed by atoms with Crippen LogP contribution in [0.3, 0.4) is 0 Å². The molecule has 0 radical (unpaired) electrons. The van der Waals surface area contributed by atoms with Crippen molar-refractivity contribution >= 4 is 11.9 Å². The highest BCUT2D eigenvalue weighted by Gasteiger charge is 2.91. The average Bonchev–Trinajstić information content (AvgIpc) is 2.87. The van der Waals surface area contributed by atoms with E-state index >= 15 is 0 Å². The summed E-state index contributed by atoms with van der Waals surface area (Å²) in [5, 5.41) is 11.3. The summed E-state index contributed by atoms with van der Waals surface area (Å²) >= 11 is 0. The van der Waals surface area contributed by atoms with Crippen molar-refractivity contribution in [1.29, 1.82) is 0 Å². The smallest absolute Gasteiger partial charge is 0.315 e. The van der Waals surface area contributed by atoms with E-state index in [4.69, 9.17) is 9.47 Å². The van der Waals surface area contributed by atoms with Gasteiger partial charge in [-0.3, -0.25) is 9.59 Å². The third-order valence-electron chi connectivity index (χ3n) is 7.00. The van der Waals surface area contributed by atoms with Gasteiger partial charge in [-0.15, -0.1) is 0 Å². The molecule has 5 heteroatoms. The Kier molecular flexibility index (Phi) is 2.43. The number of carbonyl (C=O) groups excluding carboxylic acids is 2. The highest BCUT2D eigenvalue weighted by atomic mass is 16.6. The number of hydrogen-bond donors (Lipinski definition) is 1. The van der Waals surface area contributed by atoms with Crippen molar-refractivity contribution in [2.24, 2.45) is 28.1 Å². The Labute approximate surface area is 130 Å². The Morgan fingerprint density at radius 3 is 2.64 bits per heavy atom. The van der Waals surface area contributed by atoms with Crippen molar-refractivity contribution in [3.63, 3.8) is 0 Å². The monoisotopic (exact) mass is 308 g/mol. The van der Waals surface area contributed by atoms with Crippen LogP contribution in [0.5, 0.6) is 0 Å². The van der Waals surface area contributed by atoms with Crippen LogP contribution >= 0.6 is 0 Å². The summed E-state index contributed by atoms with van der Waals surface area (Å²) in [4.78, 5) is 24.1. The molecule has 6 unspecified atom stereocenters. The zero-order valence-corrected chi connectivity index (χ0v) is 13.6. The quantitative estimate of drug-likeness (QED) is 0.746. The summed E-state index contributed by atoms with van der Waals surface area (Å²) in [6.07, 6.45) is 2.01. The van der Waals surface area contributed by atoms with Gasteiger partial charge in [-0.25, -0.2) is 0 Å². The summed E-state index contributed by atoms with van der Waals surface area (Å²) in [6.45, 7) is 7.84. The standard InChI is InChI=1S/C17H24O5/c1-9(18)22-12-10-5-14(2,3)6-11(10)15(4,20)17-7-16(12,17)8-21-13(17)19/h10-12,20H,5-8H2,1-4H3. The average molecular weight is 308 g/mol. The molecule has 4 fully saturated rings. The van der Waals surface area contributed by atoms with Gasteiger partial charge in [0.25, 0.3) is 0 Å². The molecular weight excluding hydrogens is 284 g/mol. The molecule has 3 aliphatic carbocycles. The number of esters is 2. The number of hydrogen-bond acceptors (Lipinski definition) is 5. The molecule has 0 bridgehead atoms. The van der Waals surface area contributed by atoms with E-state index in [0.717, 1.165) is 12.8 Å². The molecule has 1 aliphatic heterocycles. The maximum Gasteiger partial charge on any atom is 0.315 e. The number of carbonyl (C=O) groups is 2. The predicted molar refractivity (Wildman–Crippen MR) is 76.6 cm³/mol. The van der Waals surface area contributed by atoms with Crippen molar-refractivity contribution in [1.82, 2.24) is 0 Å². The Balaban J connectivity index is 1.84. The molecule has 5 nitrogen and oxygen atoms in total. The summed E-state index contributed by atoms with van der Waals surface area (Å²) in [5.74, 6) is -0.561. The molecule has 122 valence electrons. The topological polar surface area (TPSA) is 72.8 Å². The minimum atomic E-state index is -1.09. The molecule has 4 aliphatic rings. The van der Waals surface area contributed by atoms with E-state index in [9.17, 15) is 14.7 Å². The maximum absolute atomic E-state index is 12.4. The van der Waals surface area contributed by atoms with Gasteiger partial charge in [-0.2, -0.15) is 0 Å². The van der Waals surface area contributed by atoms with Gasteiger partial charge in [-0.05, 0) is 37.5 Å². The van der Waals surface area contributed by atoms with Crippen LogP contribution in [0.4, 0.5) is 0 Å². The predicted octanol–water partition coefficient (Wildman–Crippen LogP) is 1.67. The minimum Gasteiger partial charge on any atom is -0.464 e. The van der Waals surface area contributed by atoms with Crippen LogP contribution in [0.2, 0.25) is 0 Å². The van der Waals surface area contributed by atoms with Crippen molar-refractivity contribution in [3.05, 3.63) is 0 Å². The Bertz CT molecular complexity index is 580. The van der Waals surface area contributed by atoms with E-state index in [-0.39, 0.29) is 41.9 Å². The van der Waals surface area contributed by atoms with Gasteiger partial charge >= 0.3 is 11.9 Å². The van der Waals surface area contributed by atoms with E-state index < -0.39 is 16.4 Å². The Morgan fingerprint density at radius 2 is 2.00 bits per heavy atom. The second-order valence-electron chi connectivity index (χ2n) is 8.83. The number of aliphatic hydroxyl groups is 1. The number of fused-ring (bicyclic) bond motifs is 1. The molecule has 6 atom stereocenters. The molecule has 22 heavy (non-hydrogen) atoms. The van der Waals surface area contributed by atoms with E-state index in [1.165, 1.54) is 6.92 Å². The first-order valence-corrected chi connectivity index (χ1v) is 8.14. The Hall–Kier alpha value is -1.10. The molecule has 1 saturated heterocycles. The molecule has 1 heterocycles. The van der Waals surface area contributed by atoms with Gasteiger partial charge in [0.15, 0.2) is 0 Å². The first-order valence-electron chi connectivity index (χ1n) is 8.14. The van der Waals surface area contributed by atoms with Gasteiger partial charge in [0.05, 0.1) is 11.0 Å². The number of cyclic esters (lactones) is 1. The summed E-state index contributed by atoms with van der Waals surface area (Å²) in [7, 11) is 0. The molecule has 0 aromatic carbocycles. The molecule has 0 aromatic rings. The lowest BCUT2D eigenvalue weighted by molar-refractivity contribution is -0.186. The van der Waals surface area contributed by atoms with Gasteiger partial charge in [0.2, 0.25) is 0 Å². The minimum absolute atomic E-state index is 0.0341. The lowest BCUT2D eigenvalue weighted by atomic mass is 9.60. The van der Waals surface area contributed by atoms with Crippen LogP contribution in [0.25, 0.3) is 0 Å². The number of ether oxygens (including phenoxy) is 2. The molecule has 0 spiro atoms. The second kappa shape index (κ2) is 3.69. The zero-order valence-electron chi connectivity index (χ0n) is 13.6. The molecule has 0 amide bonds. The van der Waals surface area contributed by atoms with Gasteiger partial charge < -0.3 is 14.6 Å². The van der Waals surface area contributed by atoms with Crippen molar-refractivity contribution in [2.45, 2.75) is 58.7 Å². The number of rotatable bonds is 1. The van der Waals surface area contributed by atoms with Crippen LogP contribution in [-0.2, 0) is 19.1 Å². The van der Waals surface area contributed by atoms with Crippen LogP contribution in [0.15, 0.2) is 0 Å². The van der Waals surface area contributed by atoms with Crippen LogP contribution < -0.4 is 0 Å². The van der Waals surface area contributed by atoms with Gasteiger partial charge in [0, 0.05) is 12.8 Å². The highest BCUT2D eigenvalue weighted by molar-refractivity contribution is 5.87. The summed E-state index contributed by atoms with van der Waals surface area (Å²) < 4.78 is 11.0. The van der Waals surface area contributed by atoms with E-state index in [1.807, 2.05) is 0 Å². The normalized spacial score (nSPS) is 54.0. The Morgan fingerprint density at radius 1 is 1.32 bits per heavy atom. The van der Waals surface area contributed by atoms with Crippen LogP contribution in [0.1, 0.15) is 47.0 Å². The lowest BCUT2D eigenvalue weighted by Gasteiger charge is -2.48. The van der Waals surface area contributed by atoms with Crippen LogP contribution in [-0.4, -0.2) is 35.4 Å². The fourth-order valence-electron chi connectivity index (χ4n) is 6.16. The fourth-order valence-corrected chi connectivity index (χ4v) is 6.16. The zero-order chi connectivity index (χ0) is 16.1. The molecule has 3 saturated carbocycles. The van der Waals surface area contributed by atoms with Crippen molar-refractivity contribution in [3.8, 4) is 0 Å². The summed E-state index contributed by atoms with van der Waals surface area (Å²) in [5.41, 5.74) is -2.39. The van der Waals surface area contributed by atoms with E-state index in [1.54, 1.807) is 6.92 Å². The lowest BCUT2D eigenvalue weighted by Crippen LogP contribution is -2.59. The first kappa shape index (κ1) is 14.5. The van der Waals surface area contributed by atoms with Gasteiger partial charge in [0.1, 0.15) is 18.1 Å². The maximum atomic E-state index is 12.4. The third kappa shape index (κ3) is 1.35. The van der Waals surface area contributed by atoms with Gasteiger partial charge in [-0.1, -0.05) is 13.8 Å². The molecule has 0 aromatic heterocycles. The van der Waals surface area contributed by atoms with Crippen molar-refractivity contribution in [2.75, 3.05) is 6.61 Å². The fraction of sp³-hybridized carbons (Fsp3) is 0.882. The van der Waals surface area contributed by atoms with E-state index in [2.05, 4.69) is 13.8 Å². The van der Waals surface area contributed by atoms with E-state index in [0.29, 0.717) is 6.42 Å². The SMILES string of the molecule is CC(=O)OC1C2CC(C)(C)CC2C(C)(O)C23CC12COC3=O. The van der Waals surface area contributed by atoms with Crippen LogP contribution in [0, 0.1) is 28.1 Å². The second-order valence-corrected chi connectivity index (χ2v) is 8.83. The van der Waals surface area contributed by atoms with Crippen molar-refractivity contribution < 1.29 is 24.2 Å². The molecule has 4 rings (SSSR count). The summed E-state index contributed by atoms with van der Waals surface area (Å²) in [6, 6.07) is 0. The molecule has 1 N–H and O–H groups in total. The highest BCUT2D eigenvalue weighted by Crippen LogP contribution is 2.82. The third-order valence-corrected chi connectivity index (χ3v) is 7.00.